The van der Waals surface area contributed by atoms with Gasteiger partial charge in [0.1, 0.15) is 0 Å². The van der Waals surface area contributed by atoms with Crippen molar-refractivity contribution >= 4 is 28.9 Å². The molecule has 2 aromatic carbocycles. The summed E-state index contributed by atoms with van der Waals surface area (Å²) in [6, 6.07) is 15.9. The standard InChI is InChI=1S/C23H22ClN3O/c1-14-9-16(12-17(24)10-14)21-13-22(19-3-2-4-20(19)27-21)26-18-7-5-15(6-8-18)11-23(25)28/h5-10,12-13H,2-4,11H2,1H3,(H2,25,28)(H,26,27). The lowest BCUT2D eigenvalue weighted by Crippen LogP contribution is -2.13. The molecule has 1 heterocycles. The molecule has 3 N–H and O–H groups in total. The Morgan fingerprint density at radius 2 is 1.93 bits per heavy atom. The van der Waals surface area contributed by atoms with Crippen LogP contribution in [-0.4, -0.2) is 10.9 Å². The van der Waals surface area contributed by atoms with Gasteiger partial charge < -0.3 is 11.1 Å². The van der Waals surface area contributed by atoms with Crippen molar-refractivity contribution in [3.63, 3.8) is 0 Å². The number of rotatable bonds is 5. The van der Waals surface area contributed by atoms with Gasteiger partial charge in [0.05, 0.1) is 12.1 Å². The number of hydrogen-bond donors (Lipinski definition) is 2. The van der Waals surface area contributed by atoms with E-state index in [9.17, 15) is 4.79 Å². The number of aryl methyl sites for hydroxylation is 2. The highest BCUT2D eigenvalue weighted by molar-refractivity contribution is 6.30. The van der Waals surface area contributed by atoms with E-state index >= 15 is 0 Å². The van der Waals surface area contributed by atoms with Gasteiger partial charge >= 0.3 is 0 Å². The number of hydrogen-bond acceptors (Lipinski definition) is 3. The number of nitrogens with zero attached hydrogens (tertiary/aromatic N) is 1. The first-order chi connectivity index (χ1) is 13.5. The first kappa shape index (κ1) is 18.5. The molecule has 142 valence electrons. The largest absolute Gasteiger partial charge is 0.369 e. The van der Waals surface area contributed by atoms with Crippen molar-refractivity contribution in [3.05, 3.63) is 75.9 Å². The molecule has 1 aliphatic rings. The number of amides is 1. The molecule has 0 spiro atoms. The minimum absolute atomic E-state index is 0.253. The van der Waals surface area contributed by atoms with Crippen molar-refractivity contribution in [2.24, 2.45) is 5.73 Å². The van der Waals surface area contributed by atoms with Gasteiger partial charge in [-0.2, -0.15) is 0 Å². The summed E-state index contributed by atoms with van der Waals surface area (Å²) in [6.07, 6.45) is 3.39. The summed E-state index contributed by atoms with van der Waals surface area (Å²) in [5.41, 5.74) is 13.7. The van der Waals surface area contributed by atoms with E-state index in [4.69, 9.17) is 22.3 Å². The fraction of sp³-hybridized carbons (Fsp3) is 0.217. The fourth-order valence-electron chi connectivity index (χ4n) is 3.75. The lowest BCUT2D eigenvalue weighted by atomic mass is 10.0. The molecule has 1 aliphatic carbocycles. The van der Waals surface area contributed by atoms with E-state index < -0.39 is 0 Å². The van der Waals surface area contributed by atoms with Crippen LogP contribution in [0.2, 0.25) is 5.02 Å². The van der Waals surface area contributed by atoms with Crippen LogP contribution >= 0.6 is 11.6 Å². The van der Waals surface area contributed by atoms with Crippen LogP contribution in [0.15, 0.2) is 48.5 Å². The molecular weight excluding hydrogens is 370 g/mol. The van der Waals surface area contributed by atoms with Gasteiger partial charge in [0.25, 0.3) is 0 Å². The normalized spacial score (nSPS) is 12.6. The number of primary amides is 1. The van der Waals surface area contributed by atoms with Gasteiger partial charge in [0, 0.05) is 27.7 Å². The Morgan fingerprint density at radius 1 is 1.14 bits per heavy atom. The third-order valence-corrected chi connectivity index (χ3v) is 5.22. The van der Waals surface area contributed by atoms with Crippen LogP contribution in [0.1, 0.15) is 28.8 Å². The molecule has 4 nitrogen and oxygen atoms in total. The molecule has 1 aromatic heterocycles. The number of nitrogens with one attached hydrogen (secondary N) is 1. The molecule has 0 saturated carbocycles. The van der Waals surface area contributed by atoms with E-state index in [0.717, 1.165) is 63.7 Å². The second-order valence-electron chi connectivity index (χ2n) is 7.32. The SMILES string of the molecule is Cc1cc(Cl)cc(-c2cc(Nc3ccc(CC(N)=O)cc3)c3c(n2)CCC3)c1. The molecule has 4 rings (SSSR count). The number of carbonyl (C=O) groups is 1. The highest BCUT2D eigenvalue weighted by Crippen LogP contribution is 2.34. The number of halogens is 1. The first-order valence-electron chi connectivity index (χ1n) is 9.42. The maximum absolute atomic E-state index is 11.1. The van der Waals surface area contributed by atoms with E-state index in [1.165, 1.54) is 5.56 Å². The number of aromatic nitrogens is 1. The van der Waals surface area contributed by atoms with Crippen LogP contribution in [0.4, 0.5) is 11.4 Å². The summed E-state index contributed by atoms with van der Waals surface area (Å²) in [4.78, 5) is 16.0. The second kappa shape index (κ2) is 7.64. The van der Waals surface area contributed by atoms with Gasteiger partial charge in [-0.05, 0) is 79.3 Å². The van der Waals surface area contributed by atoms with Gasteiger partial charge in [0.15, 0.2) is 0 Å². The first-order valence-corrected chi connectivity index (χ1v) is 9.80. The zero-order valence-electron chi connectivity index (χ0n) is 15.8. The third-order valence-electron chi connectivity index (χ3n) is 5.00. The number of nitrogens with two attached hydrogens (primary N) is 1. The van der Waals surface area contributed by atoms with Crippen molar-refractivity contribution in [3.8, 4) is 11.3 Å². The van der Waals surface area contributed by atoms with Gasteiger partial charge in [0.2, 0.25) is 5.91 Å². The highest BCUT2D eigenvalue weighted by atomic mass is 35.5. The van der Waals surface area contributed by atoms with Crippen LogP contribution in [0, 0.1) is 6.92 Å². The van der Waals surface area contributed by atoms with Crippen LogP contribution < -0.4 is 11.1 Å². The predicted molar refractivity (Wildman–Crippen MR) is 114 cm³/mol. The van der Waals surface area contributed by atoms with Gasteiger partial charge in [-0.3, -0.25) is 9.78 Å². The third kappa shape index (κ3) is 4.02. The Labute approximate surface area is 169 Å². The zero-order chi connectivity index (χ0) is 19.7. The molecular formula is C23H22ClN3O. The van der Waals surface area contributed by atoms with Crippen molar-refractivity contribution in [1.29, 1.82) is 0 Å². The van der Waals surface area contributed by atoms with E-state index in [0.29, 0.717) is 0 Å². The van der Waals surface area contributed by atoms with Crippen molar-refractivity contribution in [2.75, 3.05) is 5.32 Å². The molecule has 28 heavy (non-hydrogen) atoms. The molecule has 3 aromatic rings. The number of pyridine rings is 1. The van der Waals surface area contributed by atoms with Crippen LogP contribution in [-0.2, 0) is 24.1 Å². The van der Waals surface area contributed by atoms with E-state index in [-0.39, 0.29) is 12.3 Å². The fourth-order valence-corrected chi connectivity index (χ4v) is 4.04. The number of anilines is 2. The van der Waals surface area contributed by atoms with Crippen molar-refractivity contribution < 1.29 is 4.79 Å². The molecule has 0 radical (unpaired) electrons. The Kier molecular flexibility index (Phi) is 5.05. The second-order valence-corrected chi connectivity index (χ2v) is 7.75. The summed E-state index contributed by atoms with van der Waals surface area (Å²) in [6.45, 7) is 2.04. The van der Waals surface area contributed by atoms with Gasteiger partial charge in [-0.1, -0.05) is 23.7 Å². The monoisotopic (exact) mass is 391 g/mol. The summed E-state index contributed by atoms with van der Waals surface area (Å²) in [5, 5.41) is 4.25. The molecule has 0 bridgehead atoms. The summed E-state index contributed by atoms with van der Waals surface area (Å²) >= 11 is 6.26. The summed E-state index contributed by atoms with van der Waals surface area (Å²) in [5.74, 6) is -0.325. The Hall–Kier alpha value is -2.85. The lowest BCUT2D eigenvalue weighted by molar-refractivity contribution is -0.117. The molecule has 0 atom stereocenters. The van der Waals surface area contributed by atoms with Crippen LogP contribution in [0.25, 0.3) is 11.3 Å². The molecule has 0 saturated heterocycles. The smallest absolute Gasteiger partial charge is 0.221 e. The minimum atomic E-state index is -0.325. The van der Waals surface area contributed by atoms with E-state index in [2.05, 4.69) is 17.4 Å². The Morgan fingerprint density at radius 3 is 2.64 bits per heavy atom. The Bertz CT molecular complexity index is 1020. The van der Waals surface area contributed by atoms with Crippen LogP contribution in [0.3, 0.4) is 0 Å². The van der Waals surface area contributed by atoms with Gasteiger partial charge in [-0.25, -0.2) is 0 Å². The van der Waals surface area contributed by atoms with Crippen LogP contribution in [0.5, 0.6) is 0 Å². The van der Waals surface area contributed by atoms with Crippen molar-refractivity contribution in [1.82, 2.24) is 4.98 Å². The summed E-state index contributed by atoms with van der Waals surface area (Å²) < 4.78 is 0. The minimum Gasteiger partial charge on any atom is -0.369 e. The van der Waals surface area contributed by atoms with E-state index in [1.54, 1.807) is 0 Å². The highest BCUT2D eigenvalue weighted by Gasteiger charge is 2.19. The molecule has 0 aliphatic heterocycles. The summed E-state index contributed by atoms with van der Waals surface area (Å²) in [7, 11) is 0. The van der Waals surface area contributed by atoms with Gasteiger partial charge in [-0.15, -0.1) is 0 Å². The predicted octanol–water partition coefficient (Wildman–Crippen LogP) is 4.97. The average molecular weight is 392 g/mol. The van der Waals surface area contributed by atoms with Crippen molar-refractivity contribution in [2.45, 2.75) is 32.6 Å². The molecule has 0 fully saturated rings. The Balaban J connectivity index is 1.68. The molecule has 1 amide bonds. The molecule has 5 heteroatoms. The quantitative estimate of drug-likeness (QED) is 0.645. The number of benzene rings is 2. The zero-order valence-corrected chi connectivity index (χ0v) is 16.5. The maximum Gasteiger partial charge on any atom is 0.221 e. The average Bonchev–Trinajstić information content (AvgIpc) is 3.11. The lowest BCUT2D eigenvalue weighted by Gasteiger charge is -2.14. The molecule has 0 unspecified atom stereocenters. The number of carbonyl (C=O) groups excluding carboxylic acids is 1. The van der Waals surface area contributed by atoms with E-state index in [1.807, 2.05) is 43.3 Å². The number of fused-ring (bicyclic) bond motifs is 1. The topological polar surface area (TPSA) is 68.0 Å². The maximum atomic E-state index is 11.1.